The Labute approximate surface area is 108 Å². The molecule has 1 N–H and O–H groups in total. The molecule has 1 fully saturated rings. The van der Waals surface area contributed by atoms with Gasteiger partial charge in [-0.2, -0.15) is 0 Å². The molecule has 18 heavy (non-hydrogen) atoms. The summed E-state index contributed by atoms with van der Waals surface area (Å²) >= 11 is 0. The van der Waals surface area contributed by atoms with E-state index in [1.54, 1.807) is 20.8 Å². The van der Waals surface area contributed by atoms with Crippen molar-refractivity contribution in [2.45, 2.75) is 45.0 Å². The summed E-state index contributed by atoms with van der Waals surface area (Å²) in [6.45, 7) is 5.72. The van der Waals surface area contributed by atoms with E-state index in [4.69, 9.17) is 4.74 Å². The van der Waals surface area contributed by atoms with Gasteiger partial charge in [0.2, 0.25) is 5.91 Å². The first-order valence-electron chi connectivity index (χ1n) is 5.92. The molecule has 1 atom stereocenters. The van der Waals surface area contributed by atoms with E-state index in [0.29, 0.717) is 6.54 Å². The van der Waals surface area contributed by atoms with Gasteiger partial charge in [0.25, 0.3) is 0 Å². The summed E-state index contributed by atoms with van der Waals surface area (Å²) in [5.74, 6) is -0.482. The molecule has 1 aliphatic rings. The summed E-state index contributed by atoms with van der Waals surface area (Å²) in [6.07, 6.45) is 0.965. The van der Waals surface area contributed by atoms with Crippen LogP contribution >= 0.6 is 8.46 Å². The van der Waals surface area contributed by atoms with E-state index in [2.05, 4.69) is 5.32 Å². The molecule has 1 heterocycles. The summed E-state index contributed by atoms with van der Waals surface area (Å²) in [4.78, 5) is 24.7. The van der Waals surface area contributed by atoms with Crippen LogP contribution in [0, 0.1) is 0 Å². The van der Waals surface area contributed by atoms with E-state index < -0.39 is 11.7 Å². The molecule has 0 aromatic rings. The van der Waals surface area contributed by atoms with Crippen LogP contribution in [0.1, 0.15) is 33.6 Å². The van der Waals surface area contributed by atoms with Crippen molar-refractivity contribution in [1.29, 1.82) is 0 Å². The van der Waals surface area contributed by atoms with Gasteiger partial charge < -0.3 is 15.0 Å². The number of hydrogen-bond acceptors (Lipinski definition) is 4. The van der Waals surface area contributed by atoms with Gasteiger partial charge in [-0.1, -0.05) is 0 Å². The lowest BCUT2D eigenvalue weighted by molar-refractivity contribution is -0.129. The third kappa shape index (κ3) is 4.61. The molecule has 0 aromatic carbocycles. The molecule has 0 aliphatic carbocycles. The second-order valence-corrected chi connectivity index (χ2v) is 5.98. The van der Waals surface area contributed by atoms with Gasteiger partial charge in [-0.05, 0) is 33.6 Å². The number of carbonyl (C=O) groups is 2. The van der Waals surface area contributed by atoms with E-state index in [1.807, 2.05) is 0 Å². The van der Waals surface area contributed by atoms with Crippen molar-refractivity contribution in [3.63, 3.8) is 0 Å². The second-order valence-electron chi connectivity index (χ2n) is 5.17. The molecule has 1 saturated heterocycles. The van der Waals surface area contributed by atoms with E-state index in [-0.39, 0.29) is 26.7 Å². The average Bonchev–Trinajstić information content (AvgIpc) is 2.71. The topological polar surface area (TPSA) is 75.7 Å². The average molecular weight is 274 g/mol. The summed E-state index contributed by atoms with van der Waals surface area (Å²) in [6, 6.07) is 0. The van der Waals surface area contributed by atoms with Crippen molar-refractivity contribution in [1.82, 2.24) is 10.2 Å². The molecule has 0 aromatic heterocycles. The lowest BCUT2D eigenvalue weighted by atomic mass is 10.2. The smallest absolute Gasteiger partial charge is 0.408 e. The number of ether oxygens (including phenoxy) is 1. The maximum absolute atomic E-state index is 11.8. The van der Waals surface area contributed by atoms with Gasteiger partial charge in [0.15, 0.2) is 8.46 Å². The zero-order valence-electron chi connectivity index (χ0n) is 10.9. The minimum absolute atomic E-state index is 0.0450. The van der Waals surface area contributed by atoms with Crippen LogP contribution < -0.4 is 5.32 Å². The highest BCUT2D eigenvalue weighted by Gasteiger charge is 2.29. The Balaban J connectivity index is 2.37. The van der Waals surface area contributed by atoms with Gasteiger partial charge in [0.1, 0.15) is 17.9 Å². The number of likely N-dealkylation sites (tertiary alicyclic amines) is 1. The largest absolute Gasteiger partial charge is 0.444 e. The van der Waals surface area contributed by atoms with Crippen molar-refractivity contribution in [2.75, 3.05) is 13.1 Å². The maximum Gasteiger partial charge on any atom is 0.408 e. The second kappa shape index (κ2) is 6.14. The molecule has 7 heteroatoms. The molecular weight excluding hydrogens is 255 g/mol. The Morgan fingerprint density at radius 2 is 2.11 bits per heavy atom. The minimum Gasteiger partial charge on any atom is -0.444 e. The van der Waals surface area contributed by atoms with Gasteiger partial charge in [0, 0.05) is 6.54 Å². The van der Waals surface area contributed by atoms with E-state index >= 15 is 0 Å². The highest BCUT2D eigenvalue weighted by atomic mass is 31.1. The van der Waals surface area contributed by atoms with Crippen LogP contribution in [0.3, 0.4) is 0 Å². The lowest BCUT2D eigenvalue weighted by Gasteiger charge is -2.22. The summed E-state index contributed by atoms with van der Waals surface area (Å²) in [5.41, 5.74) is -0.586. The van der Waals surface area contributed by atoms with Crippen LogP contribution in [0.15, 0.2) is 0 Å². The monoisotopic (exact) mass is 274 g/mol. The molecule has 6 nitrogen and oxygen atoms in total. The van der Waals surface area contributed by atoms with Gasteiger partial charge in [-0.25, -0.2) is 4.79 Å². The van der Waals surface area contributed by atoms with Crippen molar-refractivity contribution < 1.29 is 18.9 Å². The predicted octanol–water partition coefficient (Wildman–Crippen LogP) is 1.75. The summed E-state index contributed by atoms with van der Waals surface area (Å²) in [7, 11) is -0.0450. The van der Waals surface area contributed by atoms with E-state index in [1.165, 1.54) is 4.90 Å². The number of rotatable bonds is 3. The van der Waals surface area contributed by atoms with Crippen molar-refractivity contribution in [2.24, 2.45) is 0 Å². The molecule has 0 bridgehead atoms. The van der Waals surface area contributed by atoms with Gasteiger partial charge in [-0.15, -0.1) is 0 Å². The third-order valence-electron chi connectivity index (χ3n) is 2.45. The summed E-state index contributed by atoms with van der Waals surface area (Å²) < 4.78 is 15.9. The van der Waals surface area contributed by atoms with Gasteiger partial charge in [0.05, 0.1) is 0 Å². The Morgan fingerprint density at radius 3 is 2.67 bits per heavy atom. The molecule has 0 spiro atoms. The van der Waals surface area contributed by atoms with Crippen LogP contribution in [0.25, 0.3) is 0 Å². The lowest BCUT2D eigenvalue weighted by Crippen LogP contribution is -2.42. The van der Waals surface area contributed by atoms with E-state index in [9.17, 15) is 14.2 Å². The molecule has 1 aliphatic heterocycles. The van der Waals surface area contributed by atoms with Crippen molar-refractivity contribution in [3.05, 3.63) is 0 Å². The third-order valence-corrected chi connectivity index (χ3v) is 3.23. The Morgan fingerprint density at radius 1 is 1.44 bits per heavy atom. The number of carbonyl (C=O) groups excluding carboxylic acids is 2. The number of nitrogens with one attached hydrogen (secondary N) is 1. The zero-order valence-corrected chi connectivity index (χ0v) is 11.8. The first-order chi connectivity index (χ1) is 8.33. The normalized spacial score (nSPS) is 19.9. The number of alkyl carbamates (subject to hydrolysis) is 1. The number of nitrogens with zero attached hydrogens (tertiary/aromatic N) is 1. The highest BCUT2D eigenvalue weighted by molar-refractivity contribution is 7.24. The fourth-order valence-electron chi connectivity index (χ4n) is 1.71. The van der Waals surface area contributed by atoms with Gasteiger partial charge in [-0.3, -0.25) is 9.36 Å². The quantitative estimate of drug-likeness (QED) is 0.795. The van der Waals surface area contributed by atoms with E-state index in [0.717, 1.165) is 12.8 Å². The van der Waals surface area contributed by atoms with Crippen LogP contribution in [0.5, 0.6) is 0 Å². The van der Waals surface area contributed by atoms with Crippen LogP contribution in [0.4, 0.5) is 4.79 Å². The Kier molecular flexibility index (Phi) is 5.08. The molecule has 0 radical (unpaired) electrons. The maximum atomic E-state index is 11.8. The fraction of sp³-hybridized carbons (Fsp3) is 0.818. The first kappa shape index (κ1) is 14.9. The first-order valence-corrected chi connectivity index (χ1v) is 6.80. The zero-order chi connectivity index (χ0) is 13.8. The van der Waals surface area contributed by atoms with Crippen LogP contribution in [-0.2, 0) is 14.1 Å². The predicted molar refractivity (Wildman–Crippen MR) is 66.6 cm³/mol. The Bertz CT molecular complexity index is 340. The molecule has 2 amide bonds. The molecule has 0 saturated carbocycles. The molecule has 0 unspecified atom stereocenters. The van der Waals surface area contributed by atoms with Crippen molar-refractivity contribution >= 4 is 20.5 Å². The molecular formula is C11H19N2O4P. The SMILES string of the molecule is CC(C)(C)OC(=O)NCC(=O)N1CCC[C@H]1P=O. The summed E-state index contributed by atoms with van der Waals surface area (Å²) in [5, 5.41) is 2.40. The van der Waals surface area contributed by atoms with Crippen LogP contribution in [0.2, 0.25) is 0 Å². The van der Waals surface area contributed by atoms with Gasteiger partial charge >= 0.3 is 6.09 Å². The highest BCUT2D eigenvalue weighted by Crippen LogP contribution is 2.25. The van der Waals surface area contributed by atoms with Crippen LogP contribution in [-0.4, -0.2) is 41.4 Å². The molecule has 1 rings (SSSR count). The number of hydrogen-bond donors (Lipinski definition) is 1. The minimum atomic E-state index is -0.619. The van der Waals surface area contributed by atoms with Crippen molar-refractivity contribution in [3.8, 4) is 0 Å². The molecule has 102 valence electrons. The fourth-order valence-corrected chi connectivity index (χ4v) is 2.36. The Hall–Kier alpha value is -1.16. The number of amides is 2. The standard InChI is InChI=1S/C11H19N2O4P/c1-11(2,3)17-10(15)12-7-8(14)13-6-4-5-9(13)18-16/h9H,4-7H2,1-3H3,(H,12,15)/t9-/m1/s1.